The minimum atomic E-state index is -0.673. The van der Waals surface area contributed by atoms with Crippen molar-refractivity contribution in [2.45, 2.75) is 63.5 Å². The van der Waals surface area contributed by atoms with Crippen molar-refractivity contribution < 1.29 is 14.1 Å². The maximum atomic E-state index is 13.1. The van der Waals surface area contributed by atoms with Crippen LogP contribution < -0.4 is 16.4 Å². The summed E-state index contributed by atoms with van der Waals surface area (Å²) in [5, 5.41) is 10.7. The third kappa shape index (κ3) is 4.87. The Bertz CT molecular complexity index is 1150. The molecule has 0 saturated heterocycles. The van der Waals surface area contributed by atoms with Crippen LogP contribution in [0.25, 0.3) is 10.9 Å². The molecule has 9 nitrogen and oxygen atoms in total. The molecule has 0 spiro atoms. The predicted octanol–water partition coefficient (Wildman–Crippen LogP) is 2.65. The van der Waals surface area contributed by atoms with Crippen LogP contribution in [0.3, 0.4) is 0 Å². The number of benzene rings is 1. The van der Waals surface area contributed by atoms with Crippen molar-refractivity contribution in [2.75, 3.05) is 0 Å². The van der Waals surface area contributed by atoms with Crippen LogP contribution >= 0.6 is 0 Å². The quantitative estimate of drug-likeness (QED) is 0.497. The highest BCUT2D eigenvalue weighted by Crippen LogP contribution is 2.32. The van der Waals surface area contributed by atoms with E-state index in [0.717, 1.165) is 43.0 Å². The van der Waals surface area contributed by atoms with Gasteiger partial charge in [0.15, 0.2) is 5.82 Å². The van der Waals surface area contributed by atoms with Crippen LogP contribution in [0.1, 0.15) is 67.7 Å². The molecule has 3 aromatic rings. The standard InChI is InChI=1S/C23H27N5O4/c1-2-3-9-18(26-22(30)19-13-12-14-7-4-5-10-16(14)24-19)21(29)25-17-11-6-8-15(17)20-27-23(31)32-28-20/h4-5,7,10,12-13,15,17-18H,2-3,6,8-9,11H2,1H3,(H,25,29)(H,26,30)(H,27,28,31)/t15-,17+,18+/m1/s1. The second-order valence-electron chi connectivity index (χ2n) is 8.19. The molecular weight excluding hydrogens is 410 g/mol. The van der Waals surface area contributed by atoms with Gasteiger partial charge in [0.2, 0.25) is 5.91 Å². The lowest BCUT2D eigenvalue weighted by Crippen LogP contribution is -2.50. The van der Waals surface area contributed by atoms with E-state index in [0.29, 0.717) is 12.2 Å². The number of carbonyl (C=O) groups is 2. The van der Waals surface area contributed by atoms with Gasteiger partial charge in [-0.05, 0) is 31.4 Å². The number of para-hydroxylation sites is 1. The van der Waals surface area contributed by atoms with Crippen LogP contribution in [-0.2, 0) is 4.79 Å². The van der Waals surface area contributed by atoms with Gasteiger partial charge in [-0.1, -0.05) is 55.6 Å². The van der Waals surface area contributed by atoms with Crippen molar-refractivity contribution in [3.63, 3.8) is 0 Å². The smallest absolute Gasteiger partial charge is 0.351 e. The van der Waals surface area contributed by atoms with Gasteiger partial charge in [-0.25, -0.2) is 9.78 Å². The van der Waals surface area contributed by atoms with Crippen LogP contribution in [-0.4, -0.2) is 39.0 Å². The summed E-state index contributed by atoms with van der Waals surface area (Å²) < 4.78 is 4.63. The highest BCUT2D eigenvalue weighted by Gasteiger charge is 2.34. The number of aromatic amines is 1. The number of rotatable bonds is 8. The van der Waals surface area contributed by atoms with Gasteiger partial charge in [0.1, 0.15) is 11.7 Å². The second-order valence-corrected chi connectivity index (χ2v) is 8.19. The van der Waals surface area contributed by atoms with Gasteiger partial charge in [-0.2, -0.15) is 0 Å². The summed E-state index contributed by atoms with van der Waals surface area (Å²) in [6, 6.07) is 10.2. The first-order valence-electron chi connectivity index (χ1n) is 11.1. The maximum absolute atomic E-state index is 13.1. The molecule has 4 rings (SSSR count). The third-order valence-corrected chi connectivity index (χ3v) is 5.95. The van der Waals surface area contributed by atoms with E-state index in [-0.39, 0.29) is 29.5 Å². The Morgan fingerprint density at radius 3 is 2.84 bits per heavy atom. The average molecular weight is 438 g/mol. The van der Waals surface area contributed by atoms with Crippen LogP contribution in [0.5, 0.6) is 0 Å². The second kappa shape index (κ2) is 9.76. The molecule has 2 amide bonds. The van der Waals surface area contributed by atoms with E-state index >= 15 is 0 Å². The van der Waals surface area contributed by atoms with Crippen molar-refractivity contribution in [3.8, 4) is 0 Å². The summed E-state index contributed by atoms with van der Waals surface area (Å²) in [5.74, 6) is -0.888. The molecule has 0 aliphatic heterocycles. The van der Waals surface area contributed by atoms with Crippen LogP contribution in [0.2, 0.25) is 0 Å². The summed E-state index contributed by atoms with van der Waals surface area (Å²) in [6.45, 7) is 2.04. The number of fused-ring (bicyclic) bond motifs is 1. The van der Waals surface area contributed by atoms with Crippen molar-refractivity contribution >= 4 is 22.7 Å². The number of hydrogen-bond donors (Lipinski definition) is 3. The van der Waals surface area contributed by atoms with Gasteiger partial charge in [0, 0.05) is 17.3 Å². The highest BCUT2D eigenvalue weighted by atomic mass is 16.5. The molecule has 2 heterocycles. The van der Waals surface area contributed by atoms with Crippen molar-refractivity contribution in [3.05, 3.63) is 58.5 Å². The van der Waals surface area contributed by atoms with E-state index in [2.05, 4.69) is 30.3 Å². The number of aromatic nitrogens is 3. The van der Waals surface area contributed by atoms with Crippen molar-refractivity contribution in [1.82, 2.24) is 25.8 Å². The number of nitrogens with zero attached hydrogens (tertiary/aromatic N) is 2. The lowest BCUT2D eigenvalue weighted by molar-refractivity contribution is -0.124. The van der Waals surface area contributed by atoms with Crippen LogP contribution in [0.15, 0.2) is 45.7 Å². The SMILES string of the molecule is CCCC[C@H](NC(=O)c1ccc2ccccc2n1)C(=O)N[C@H]1CCC[C@H]1c1noc(=O)[nH]1. The molecule has 9 heteroatoms. The number of pyridine rings is 1. The Labute approximate surface area is 185 Å². The van der Waals surface area contributed by atoms with E-state index in [9.17, 15) is 14.4 Å². The van der Waals surface area contributed by atoms with Crippen LogP contribution in [0.4, 0.5) is 0 Å². The normalized spacial score (nSPS) is 19.0. The zero-order valence-corrected chi connectivity index (χ0v) is 18.0. The summed E-state index contributed by atoms with van der Waals surface area (Å²) in [5.41, 5.74) is 1.00. The van der Waals surface area contributed by atoms with Gasteiger partial charge in [0.05, 0.1) is 5.52 Å². The maximum Gasteiger partial charge on any atom is 0.438 e. The van der Waals surface area contributed by atoms with Gasteiger partial charge >= 0.3 is 5.76 Å². The molecule has 1 fully saturated rings. The largest absolute Gasteiger partial charge is 0.438 e. The van der Waals surface area contributed by atoms with Gasteiger partial charge < -0.3 is 10.6 Å². The first-order chi connectivity index (χ1) is 15.5. The third-order valence-electron chi connectivity index (χ3n) is 5.95. The molecule has 1 saturated carbocycles. The fraction of sp³-hybridized carbons (Fsp3) is 0.435. The summed E-state index contributed by atoms with van der Waals surface area (Å²) >= 11 is 0. The molecule has 1 aliphatic rings. The zero-order chi connectivity index (χ0) is 22.5. The molecule has 32 heavy (non-hydrogen) atoms. The number of H-pyrrole nitrogens is 1. The first kappa shape index (κ1) is 21.7. The number of unbranched alkanes of at least 4 members (excludes halogenated alkanes) is 1. The van der Waals surface area contributed by atoms with E-state index in [1.807, 2.05) is 37.3 Å². The predicted molar refractivity (Wildman–Crippen MR) is 118 cm³/mol. The number of amides is 2. The topological polar surface area (TPSA) is 130 Å². The number of nitrogens with one attached hydrogen (secondary N) is 3. The van der Waals surface area contributed by atoms with Crippen molar-refractivity contribution in [1.29, 1.82) is 0 Å². The lowest BCUT2D eigenvalue weighted by atomic mass is 10.0. The van der Waals surface area contributed by atoms with E-state index in [1.54, 1.807) is 6.07 Å². The minimum Gasteiger partial charge on any atom is -0.351 e. The Morgan fingerprint density at radius 1 is 1.22 bits per heavy atom. The molecule has 3 N–H and O–H groups in total. The minimum absolute atomic E-state index is 0.116. The fourth-order valence-electron chi connectivity index (χ4n) is 4.25. The summed E-state index contributed by atoms with van der Waals surface area (Å²) in [7, 11) is 0. The molecular formula is C23H27N5O4. The van der Waals surface area contributed by atoms with E-state index < -0.39 is 11.8 Å². The summed E-state index contributed by atoms with van der Waals surface area (Å²) in [6.07, 6.45) is 4.69. The molecule has 0 unspecified atom stereocenters. The number of hydrogen-bond acceptors (Lipinski definition) is 6. The monoisotopic (exact) mass is 437 g/mol. The number of carbonyl (C=O) groups excluding carboxylic acids is 2. The molecule has 0 radical (unpaired) electrons. The Hall–Kier alpha value is -3.49. The highest BCUT2D eigenvalue weighted by molar-refractivity contribution is 5.97. The van der Waals surface area contributed by atoms with Gasteiger partial charge in [-0.15, -0.1) is 0 Å². The van der Waals surface area contributed by atoms with E-state index in [4.69, 9.17) is 0 Å². The first-order valence-corrected chi connectivity index (χ1v) is 11.1. The van der Waals surface area contributed by atoms with Crippen molar-refractivity contribution in [2.24, 2.45) is 0 Å². The molecule has 168 valence electrons. The molecule has 0 bridgehead atoms. The average Bonchev–Trinajstić information content (AvgIpc) is 3.44. The van der Waals surface area contributed by atoms with E-state index in [1.165, 1.54) is 0 Å². The zero-order valence-electron chi connectivity index (χ0n) is 18.0. The van der Waals surface area contributed by atoms with Gasteiger partial charge in [0.25, 0.3) is 5.91 Å². The lowest BCUT2D eigenvalue weighted by Gasteiger charge is -2.23. The molecule has 1 aromatic carbocycles. The molecule has 3 atom stereocenters. The Morgan fingerprint density at radius 2 is 2.06 bits per heavy atom. The van der Waals surface area contributed by atoms with Crippen LogP contribution in [0, 0.1) is 0 Å². The molecule has 1 aliphatic carbocycles. The van der Waals surface area contributed by atoms with Gasteiger partial charge in [-0.3, -0.25) is 19.1 Å². The Balaban J connectivity index is 1.46. The molecule has 2 aromatic heterocycles. The summed E-state index contributed by atoms with van der Waals surface area (Å²) in [4.78, 5) is 44.3. The fourth-order valence-corrected chi connectivity index (χ4v) is 4.25. The Kier molecular flexibility index (Phi) is 6.63.